The molecule has 0 spiro atoms. The molecule has 2 aromatic heterocycles. The maximum Gasteiger partial charge on any atom is 0.255 e. The fourth-order valence-electron chi connectivity index (χ4n) is 3.24. The van der Waals surface area contributed by atoms with E-state index in [9.17, 15) is 9.18 Å². The summed E-state index contributed by atoms with van der Waals surface area (Å²) in [5.41, 5.74) is 3.12. The summed E-state index contributed by atoms with van der Waals surface area (Å²) < 4.78 is 18.7. The maximum absolute atomic E-state index is 13.5. The van der Waals surface area contributed by atoms with Gasteiger partial charge >= 0.3 is 0 Å². The van der Waals surface area contributed by atoms with Gasteiger partial charge in [-0.2, -0.15) is 5.10 Å². The molecule has 0 saturated heterocycles. The molecule has 2 heterocycles. The Morgan fingerprint density at radius 3 is 2.73 bits per heavy atom. The Labute approximate surface area is 189 Å². The van der Waals surface area contributed by atoms with Crippen LogP contribution in [0.3, 0.4) is 0 Å². The number of halogens is 1. The van der Waals surface area contributed by atoms with E-state index in [1.165, 1.54) is 25.6 Å². The van der Waals surface area contributed by atoms with Gasteiger partial charge in [0.1, 0.15) is 23.6 Å². The first-order valence-corrected chi connectivity index (χ1v) is 10.1. The van der Waals surface area contributed by atoms with Gasteiger partial charge < -0.3 is 15.0 Å². The number of nitrogens with one attached hydrogen (secondary N) is 2. The number of hydrogen-bond acceptors (Lipinski definition) is 6. The Kier molecular flexibility index (Phi) is 6.25. The van der Waals surface area contributed by atoms with E-state index in [2.05, 4.69) is 30.5 Å². The third-order valence-electron chi connectivity index (χ3n) is 4.84. The number of nitrogens with zero attached hydrogens (tertiary/aromatic N) is 5. The zero-order chi connectivity index (χ0) is 23.4. The summed E-state index contributed by atoms with van der Waals surface area (Å²) in [6, 6.07) is 11.4. The second-order valence-electron chi connectivity index (χ2n) is 7.43. The molecule has 9 nitrogen and oxygen atoms in total. The Hall–Kier alpha value is -4.34. The molecule has 0 fully saturated rings. The number of ether oxygens (including phenoxy) is 1. The highest BCUT2D eigenvalue weighted by Gasteiger charge is 2.15. The number of aromatic amines is 1. The molecule has 0 atom stereocenters. The van der Waals surface area contributed by atoms with Crippen LogP contribution in [0.5, 0.6) is 5.75 Å². The van der Waals surface area contributed by atoms with Crippen LogP contribution in [0.4, 0.5) is 10.2 Å². The molecule has 33 heavy (non-hydrogen) atoms. The summed E-state index contributed by atoms with van der Waals surface area (Å²) in [5.74, 6) is -0.105. The molecule has 0 radical (unpaired) electrons. The number of methoxy groups -OCH3 is 1. The number of carbonyl (C=O) groups excluding carboxylic acids is 1. The first kappa shape index (κ1) is 21.9. The standard InChI is InChI=1S/C23H22FN7O2/c1-31(2)13-28-21-19-20(29-30-22(19)27-12-26-21)15-6-4-14(5-7-15)11-25-23(32)17-10-16(24)8-9-18(17)33-3/h4-10,12-13H,11H2,1-3H3,(H,25,32)(H,26,27,29,30)/b28-13+. The van der Waals surface area contributed by atoms with E-state index in [0.717, 1.165) is 22.6 Å². The van der Waals surface area contributed by atoms with Crippen molar-refractivity contribution in [1.29, 1.82) is 0 Å². The summed E-state index contributed by atoms with van der Waals surface area (Å²) in [7, 11) is 5.18. The molecule has 4 aromatic rings. The number of benzene rings is 2. The summed E-state index contributed by atoms with van der Waals surface area (Å²) in [5, 5.41) is 10.8. The Morgan fingerprint density at radius 2 is 2.00 bits per heavy atom. The second kappa shape index (κ2) is 9.43. The fourth-order valence-corrected chi connectivity index (χ4v) is 3.24. The van der Waals surface area contributed by atoms with Crippen LogP contribution in [0.25, 0.3) is 22.3 Å². The van der Waals surface area contributed by atoms with Crippen molar-refractivity contribution in [1.82, 2.24) is 30.4 Å². The highest BCUT2D eigenvalue weighted by atomic mass is 19.1. The van der Waals surface area contributed by atoms with E-state index in [0.29, 0.717) is 22.9 Å². The van der Waals surface area contributed by atoms with Gasteiger partial charge in [0.2, 0.25) is 0 Å². The Morgan fingerprint density at radius 1 is 1.21 bits per heavy atom. The number of carbonyl (C=O) groups is 1. The predicted octanol–water partition coefficient (Wildman–Crippen LogP) is 3.32. The summed E-state index contributed by atoms with van der Waals surface area (Å²) in [6.07, 6.45) is 3.10. The largest absolute Gasteiger partial charge is 0.496 e. The zero-order valence-electron chi connectivity index (χ0n) is 18.3. The van der Waals surface area contributed by atoms with Gasteiger partial charge in [-0.3, -0.25) is 9.89 Å². The first-order chi connectivity index (χ1) is 16.0. The van der Waals surface area contributed by atoms with E-state index >= 15 is 0 Å². The smallest absolute Gasteiger partial charge is 0.255 e. The quantitative estimate of drug-likeness (QED) is 0.332. The SMILES string of the molecule is COc1ccc(F)cc1C(=O)NCc1ccc(-c2n[nH]c3ncnc(/N=C/N(C)C)c23)cc1. The number of hydrogen-bond donors (Lipinski definition) is 2. The molecule has 10 heteroatoms. The lowest BCUT2D eigenvalue weighted by Crippen LogP contribution is -2.23. The van der Waals surface area contributed by atoms with Crippen LogP contribution in [0, 0.1) is 5.82 Å². The van der Waals surface area contributed by atoms with Crippen molar-refractivity contribution in [3.63, 3.8) is 0 Å². The highest BCUT2D eigenvalue weighted by molar-refractivity contribution is 5.98. The van der Waals surface area contributed by atoms with Crippen molar-refractivity contribution < 1.29 is 13.9 Å². The van der Waals surface area contributed by atoms with Crippen LogP contribution in [0.15, 0.2) is 53.8 Å². The highest BCUT2D eigenvalue weighted by Crippen LogP contribution is 2.31. The van der Waals surface area contributed by atoms with Crippen molar-refractivity contribution in [2.45, 2.75) is 6.54 Å². The molecule has 1 amide bonds. The van der Waals surface area contributed by atoms with E-state index in [1.807, 2.05) is 43.3 Å². The van der Waals surface area contributed by atoms with E-state index in [-0.39, 0.29) is 12.1 Å². The normalized spacial score (nSPS) is 11.2. The molecule has 0 unspecified atom stereocenters. The van der Waals surface area contributed by atoms with Gasteiger partial charge in [-0.15, -0.1) is 0 Å². The van der Waals surface area contributed by atoms with Gasteiger partial charge in [0, 0.05) is 26.2 Å². The molecule has 2 N–H and O–H groups in total. The van der Waals surface area contributed by atoms with Crippen molar-refractivity contribution in [3.05, 3.63) is 65.7 Å². The van der Waals surface area contributed by atoms with Gasteiger partial charge in [0.15, 0.2) is 11.5 Å². The maximum atomic E-state index is 13.5. The monoisotopic (exact) mass is 447 g/mol. The summed E-state index contributed by atoms with van der Waals surface area (Å²) in [6.45, 7) is 0.265. The molecule has 0 saturated carbocycles. The lowest BCUT2D eigenvalue weighted by atomic mass is 10.1. The van der Waals surface area contributed by atoms with Gasteiger partial charge in [-0.05, 0) is 23.8 Å². The topological polar surface area (TPSA) is 108 Å². The van der Waals surface area contributed by atoms with E-state index in [4.69, 9.17) is 4.74 Å². The second-order valence-corrected chi connectivity index (χ2v) is 7.43. The van der Waals surface area contributed by atoms with Gasteiger partial charge in [-0.25, -0.2) is 19.4 Å². The Balaban J connectivity index is 1.53. The lowest BCUT2D eigenvalue weighted by molar-refractivity contribution is 0.0947. The average molecular weight is 447 g/mol. The molecule has 0 aliphatic carbocycles. The number of aromatic nitrogens is 4. The number of rotatable bonds is 7. The predicted molar refractivity (Wildman–Crippen MR) is 123 cm³/mol. The van der Waals surface area contributed by atoms with Gasteiger partial charge in [0.05, 0.1) is 24.4 Å². The fraction of sp³-hybridized carbons (Fsp3) is 0.174. The molecule has 0 aliphatic heterocycles. The van der Waals surface area contributed by atoms with Crippen molar-refractivity contribution in [3.8, 4) is 17.0 Å². The molecular formula is C23H22FN7O2. The average Bonchev–Trinajstić information content (AvgIpc) is 3.26. The first-order valence-electron chi connectivity index (χ1n) is 10.1. The van der Waals surface area contributed by atoms with Crippen molar-refractivity contribution in [2.24, 2.45) is 4.99 Å². The third kappa shape index (κ3) is 4.79. The number of H-pyrrole nitrogens is 1. The molecule has 0 aliphatic rings. The van der Waals surface area contributed by atoms with E-state index < -0.39 is 11.7 Å². The molecule has 2 aromatic carbocycles. The molecule has 168 valence electrons. The summed E-state index contributed by atoms with van der Waals surface area (Å²) in [4.78, 5) is 27.2. The van der Waals surface area contributed by atoms with Crippen molar-refractivity contribution >= 4 is 29.1 Å². The zero-order valence-corrected chi connectivity index (χ0v) is 18.3. The van der Waals surface area contributed by atoms with Crippen LogP contribution in [0.2, 0.25) is 0 Å². The minimum atomic E-state index is -0.505. The van der Waals surface area contributed by atoms with Crippen LogP contribution in [-0.2, 0) is 6.54 Å². The van der Waals surface area contributed by atoms with Crippen LogP contribution in [0.1, 0.15) is 15.9 Å². The third-order valence-corrected chi connectivity index (χ3v) is 4.84. The van der Waals surface area contributed by atoms with Crippen LogP contribution >= 0.6 is 0 Å². The Bertz CT molecular complexity index is 1320. The van der Waals surface area contributed by atoms with Crippen LogP contribution < -0.4 is 10.1 Å². The number of amides is 1. The van der Waals surface area contributed by atoms with Gasteiger partial charge in [0.25, 0.3) is 5.91 Å². The van der Waals surface area contributed by atoms with E-state index in [1.54, 1.807) is 6.34 Å². The number of aliphatic imine (C=N–C) groups is 1. The molecule has 4 rings (SSSR count). The number of fused-ring (bicyclic) bond motifs is 1. The van der Waals surface area contributed by atoms with Crippen molar-refractivity contribution in [2.75, 3.05) is 21.2 Å². The minimum Gasteiger partial charge on any atom is -0.496 e. The molecule has 0 bridgehead atoms. The minimum absolute atomic E-state index is 0.142. The van der Waals surface area contributed by atoms with Gasteiger partial charge in [-0.1, -0.05) is 24.3 Å². The lowest BCUT2D eigenvalue weighted by Gasteiger charge is -2.10. The van der Waals surface area contributed by atoms with Crippen LogP contribution in [-0.4, -0.2) is 58.5 Å². The summed E-state index contributed by atoms with van der Waals surface area (Å²) >= 11 is 0. The molecular weight excluding hydrogens is 425 g/mol.